The molecule has 0 aliphatic heterocycles. The second-order valence-corrected chi connectivity index (χ2v) is 4.91. The largest absolute Gasteiger partial charge is 0.490 e. The lowest BCUT2D eigenvalue weighted by Gasteiger charge is -2.17. The van der Waals surface area contributed by atoms with Crippen LogP contribution in [0.25, 0.3) is 0 Å². The average molecular weight is 330 g/mol. The number of carbonyl (C=O) groups excluding carboxylic acids is 2. The Morgan fingerprint density at radius 3 is 2.68 bits per heavy atom. The van der Waals surface area contributed by atoms with Crippen molar-refractivity contribution in [3.8, 4) is 5.75 Å². The summed E-state index contributed by atoms with van der Waals surface area (Å²) in [6.07, 6.45) is 0. The Labute approximate surface area is 120 Å². The van der Waals surface area contributed by atoms with Gasteiger partial charge in [-0.1, -0.05) is 22.0 Å². The first-order valence-electron chi connectivity index (χ1n) is 5.68. The van der Waals surface area contributed by atoms with Crippen molar-refractivity contribution in [2.75, 3.05) is 13.7 Å². The zero-order chi connectivity index (χ0) is 14.4. The van der Waals surface area contributed by atoms with E-state index in [2.05, 4.69) is 26.0 Å². The number of methoxy groups -OCH3 is 1. The third-order valence-corrected chi connectivity index (χ3v) is 2.91. The molecule has 0 heterocycles. The first kappa shape index (κ1) is 15.5. The topological polar surface area (TPSA) is 64.6 Å². The van der Waals surface area contributed by atoms with E-state index in [4.69, 9.17) is 4.74 Å². The molecule has 0 aromatic heterocycles. The summed E-state index contributed by atoms with van der Waals surface area (Å²) in [6, 6.07) is 4.77. The molecule has 1 amide bonds. The molecule has 0 spiro atoms. The number of aryl methyl sites for hydroxylation is 1. The monoisotopic (exact) mass is 329 g/mol. The second-order valence-electron chi connectivity index (χ2n) is 4.00. The van der Waals surface area contributed by atoms with E-state index in [-0.39, 0.29) is 12.5 Å². The van der Waals surface area contributed by atoms with Crippen LogP contribution in [0, 0.1) is 6.92 Å². The Morgan fingerprint density at radius 1 is 1.42 bits per heavy atom. The molecular weight excluding hydrogens is 314 g/mol. The number of ether oxygens (including phenoxy) is 2. The Kier molecular flexibility index (Phi) is 5.82. The lowest BCUT2D eigenvalue weighted by atomic mass is 10.2. The Bertz CT molecular complexity index is 476. The van der Waals surface area contributed by atoms with E-state index in [0.29, 0.717) is 5.75 Å². The SMILES string of the molecule is COC(=O)C(COc1cc(Br)ccc1C)NC(C)=O. The van der Waals surface area contributed by atoms with Crippen LogP contribution >= 0.6 is 15.9 Å². The number of nitrogens with one attached hydrogen (secondary N) is 1. The van der Waals surface area contributed by atoms with Gasteiger partial charge in [0.05, 0.1) is 7.11 Å². The summed E-state index contributed by atoms with van der Waals surface area (Å²) in [5, 5.41) is 2.48. The predicted octanol–water partition coefficient (Wildman–Crippen LogP) is 1.81. The molecule has 0 saturated heterocycles. The van der Waals surface area contributed by atoms with Crippen molar-refractivity contribution >= 4 is 27.8 Å². The number of esters is 1. The number of hydrogen-bond donors (Lipinski definition) is 1. The van der Waals surface area contributed by atoms with Gasteiger partial charge >= 0.3 is 5.97 Å². The van der Waals surface area contributed by atoms with E-state index in [9.17, 15) is 9.59 Å². The summed E-state index contributed by atoms with van der Waals surface area (Å²) in [7, 11) is 1.27. The molecule has 1 unspecified atom stereocenters. The minimum absolute atomic E-state index is 0.0174. The summed E-state index contributed by atoms with van der Waals surface area (Å²) in [5.41, 5.74) is 0.939. The van der Waals surface area contributed by atoms with E-state index in [1.807, 2.05) is 19.1 Å². The maximum Gasteiger partial charge on any atom is 0.331 e. The van der Waals surface area contributed by atoms with E-state index >= 15 is 0 Å². The fraction of sp³-hybridized carbons (Fsp3) is 0.385. The summed E-state index contributed by atoms with van der Waals surface area (Å²) in [4.78, 5) is 22.5. The van der Waals surface area contributed by atoms with Crippen molar-refractivity contribution in [2.24, 2.45) is 0 Å². The third kappa shape index (κ3) is 4.90. The van der Waals surface area contributed by atoms with Crippen molar-refractivity contribution < 1.29 is 19.1 Å². The highest BCUT2D eigenvalue weighted by Crippen LogP contribution is 2.22. The normalized spacial score (nSPS) is 11.6. The molecule has 6 heteroatoms. The minimum atomic E-state index is -0.819. The molecule has 1 aromatic rings. The maximum atomic E-state index is 11.5. The van der Waals surface area contributed by atoms with Gasteiger partial charge in [0.2, 0.25) is 5.91 Å². The fourth-order valence-corrected chi connectivity index (χ4v) is 1.80. The molecule has 1 N–H and O–H groups in total. The number of hydrogen-bond acceptors (Lipinski definition) is 4. The zero-order valence-corrected chi connectivity index (χ0v) is 12.6. The number of halogens is 1. The van der Waals surface area contributed by atoms with E-state index in [1.54, 1.807) is 6.07 Å². The van der Waals surface area contributed by atoms with Gasteiger partial charge in [-0.25, -0.2) is 4.79 Å². The molecule has 5 nitrogen and oxygen atoms in total. The molecule has 0 saturated carbocycles. The van der Waals surface area contributed by atoms with Crippen LogP contribution in [0.1, 0.15) is 12.5 Å². The standard InChI is InChI=1S/C13H16BrNO4/c1-8-4-5-10(14)6-12(8)19-7-11(13(17)18-3)15-9(2)16/h4-6,11H,7H2,1-3H3,(H,15,16). The molecule has 0 radical (unpaired) electrons. The van der Waals surface area contributed by atoms with Crippen LogP contribution in [0.5, 0.6) is 5.75 Å². The minimum Gasteiger partial charge on any atom is -0.490 e. The van der Waals surface area contributed by atoms with Crippen molar-refractivity contribution in [1.29, 1.82) is 0 Å². The van der Waals surface area contributed by atoms with Gasteiger partial charge in [-0.2, -0.15) is 0 Å². The first-order valence-corrected chi connectivity index (χ1v) is 6.47. The van der Waals surface area contributed by atoms with Crippen LogP contribution in [0.15, 0.2) is 22.7 Å². The number of rotatable bonds is 5. The van der Waals surface area contributed by atoms with Gasteiger partial charge in [0.1, 0.15) is 12.4 Å². The molecule has 1 rings (SSSR count). The van der Waals surface area contributed by atoms with Gasteiger partial charge < -0.3 is 14.8 Å². The van der Waals surface area contributed by atoms with E-state index < -0.39 is 12.0 Å². The Morgan fingerprint density at radius 2 is 2.11 bits per heavy atom. The lowest BCUT2D eigenvalue weighted by Crippen LogP contribution is -2.44. The molecule has 104 valence electrons. The summed E-state index contributed by atoms with van der Waals surface area (Å²) < 4.78 is 11.0. The molecule has 19 heavy (non-hydrogen) atoms. The number of carbonyl (C=O) groups is 2. The Hall–Kier alpha value is -1.56. The molecule has 0 aliphatic rings. The number of amides is 1. The van der Waals surface area contributed by atoms with Crippen LogP contribution in [0.3, 0.4) is 0 Å². The first-order chi connectivity index (χ1) is 8.93. The summed E-state index contributed by atoms with van der Waals surface area (Å²) in [6.45, 7) is 3.25. The highest BCUT2D eigenvalue weighted by atomic mass is 79.9. The van der Waals surface area contributed by atoms with Crippen LogP contribution in [-0.4, -0.2) is 31.6 Å². The molecule has 0 bridgehead atoms. The van der Waals surface area contributed by atoms with Gasteiger partial charge in [0, 0.05) is 11.4 Å². The van der Waals surface area contributed by atoms with Crippen LogP contribution < -0.4 is 10.1 Å². The van der Waals surface area contributed by atoms with Crippen LogP contribution in [0.4, 0.5) is 0 Å². The molecule has 0 fully saturated rings. The Balaban J connectivity index is 2.72. The highest BCUT2D eigenvalue weighted by molar-refractivity contribution is 9.10. The molecule has 1 atom stereocenters. The quantitative estimate of drug-likeness (QED) is 0.837. The van der Waals surface area contributed by atoms with Crippen molar-refractivity contribution in [3.63, 3.8) is 0 Å². The lowest BCUT2D eigenvalue weighted by molar-refractivity contribution is -0.145. The van der Waals surface area contributed by atoms with E-state index in [0.717, 1.165) is 10.0 Å². The van der Waals surface area contributed by atoms with Gasteiger partial charge in [-0.15, -0.1) is 0 Å². The smallest absolute Gasteiger partial charge is 0.331 e. The van der Waals surface area contributed by atoms with Crippen molar-refractivity contribution in [1.82, 2.24) is 5.32 Å². The zero-order valence-electron chi connectivity index (χ0n) is 11.0. The average Bonchev–Trinajstić information content (AvgIpc) is 2.36. The summed E-state index contributed by atoms with van der Waals surface area (Å²) >= 11 is 3.34. The van der Waals surface area contributed by atoms with Gasteiger partial charge in [-0.05, 0) is 24.6 Å². The highest BCUT2D eigenvalue weighted by Gasteiger charge is 2.21. The van der Waals surface area contributed by atoms with Crippen LogP contribution in [-0.2, 0) is 14.3 Å². The van der Waals surface area contributed by atoms with Crippen LogP contribution in [0.2, 0.25) is 0 Å². The second kappa shape index (κ2) is 7.13. The van der Waals surface area contributed by atoms with Gasteiger partial charge in [0.15, 0.2) is 6.04 Å². The van der Waals surface area contributed by atoms with Gasteiger partial charge in [0.25, 0.3) is 0 Å². The van der Waals surface area contributed by atoms with Crippen molar-refractivity contribution in [3.05, 3.63) is 28.2 Å². The predicted molar refractivity (Wildman–Crippen MR) is 74.0 cm³/mol. The molecular formula is C13H16BrNO4. The molecule has 0 aliphatic carbocycles. The fourth-order valence-electron chi connectivity index (χ4n) is 1.46. The van der Waals surface area contributed by atoms with E-state index in [1.165, 1.54) is 14.0 Å². The number of benzene rings is 1. The maximum absolute atomic E-state index is 11.5. The third-order valence-electron chi connectivity index (χ3n) is 2.42. The van der Waals surface area contributed by atoms with Crippen molar-refractivity contribution in [2.45, 2.75) is 19.9 Å². The molecule has 1 aromatic carbocycles. The van der Waals surface area contributed by atoms with Gasteiger partial charge in [-0.3, -0.25) is 4.79 Å². The summed E-state index contributed by atoms with van der Waals surface area (Å²) in [5.74, 6) is -0.207.